The van der Waals surface area contributed by atoms with Crippen molar-refractivity contribution in [2.75, 3.05) is 18.4 Å². The Kier molecular flexibility index (Phi) is 6.23. The SMILES string of the molecule is CC(C)(C)OC(=O)N1CCC(CC(=O)Nc2ccccc2C(N)=O)CC1. The molecule has 1 aromatic rings. The zero-order valence-corrected chi connectivity index (χ0v) is 15.6. The van der Waals surface area contributed by atoms with E-state index in [1.165, 1.54) is 0 Å². The molecule has 1 aromatic carbocycles. The second-order valence-electron chi connectivity index (χ2n) is 7.57. The third-order valence-electron chi connectivity index (χ3n) is 4.21. The van der Waals surface area contributed by atoms with Crippen molar-refractivity contribution in [2.45, 2.75) is 45.6 Å². The minimum Gasteiger partial charge on any atom is -0.444 e. The Morgan fingerprint density at radius 1 is 1.19 bits per heavy atom. The molecule has 0 atom stereocenters. The van der Waals surface area contributed by atoms with Gasteiger partial charge in [-0.1, -0.05) is 12.1 Å². The third kappa shape index (κ3) is 5.75. The third-order valence-corrected chi connectivity index (χ3v) is 4.21. The van der Waals surface area contributed by atoms with E-state index in [0.29, 0.717) is 30.8 Å². The molecule has 3 amide bonds. The van der Waals surface area contributed by atoms with E-state index < -0.39 is 11.5 Å². The average Bonchev–Trinajstić information content (AvgIpc) is 2.54. The van der Waals surface area contributed by atoms with E-state index in [1.807, 2.05) is 20.8 Å². The summed E-state index contributed by atoms with van der Waals surface area (Å²) < 4.78 is 5.37. The van der Waals surface area contributed by atoms with Crippen molar-refractivity contribution in [3.05, 3.63) is 29.8 Å². The van der Waals surface area contributed by atoms with Gasteiger partial charge in [0.05, 0.1) is 11.3 Å². The van der Waals surface area contributed by atoms with Gasteiger partial charge in [0.15, 0.2) is 0 Å². The Hall–Kier alpha value is -2.57. The zero-order chi connectivity index (χ0) is 19.3. The molecule has 0 aromatic heterocycles. The Bertz CT molecular complexity index is 674. The van der Waals surface area contributed by atoms with Crippen LogP contribution in [0.4, 0.5) is 10.5 Å². The van der Waals surface area contributed by atoms with Crippen LogP contribution in [-0.4, -0.2) is 41.5 Å². The van der Waals surface area contributed by atoms with Crippen molar-refractivity contribution >= 4 is 23.6 Å². The summed E-state index contributed by atoms with van der Waals surface area (Å²) in [5, 5.41) is 2.76. The van der Waals surface area contributed by atoms with Gasteiger partial charge in [-0.25, -0.2) is 4.79 Å². The molecule has 0 spiro atoms. The number of piperidine rings is 1. The van der Waals surface area contributed by atoms with Crippen LogP contribution in [0.1, 0.15) is 50.4 Å². The Labute approximate surface area is 153 Å². The number of carbonyl (C=O) groups is 3. The molecule has 7 nitrogen and oxygen atoms in total. The number of primary amides is 1. The number of likely N-dealkylation sites (tertiary alicyclic amines) is 1. The van der Waals surface area contributed by atoms with E-state index in [2.05, 4.69) is 5.32 Å². The second kappa shape index (κ2) is 8.21. The molecule has 1 fully saturated rings. The summed E-state index contributed by atoms with van der Waals surface area (Å²) >= 11 is 0. The lowest BCUT2D eigenvalue weighted by molar-refractivity contribution is -0.117. The number of hydrogen-bond acceptors (Lipinski definition) is 4. The normalized spacial score (nSPS) is 15.4. The fourth-order valence-corrected chi connectivity index (χ4v) is 2.92. The van der Waals surface area contributed by atoms with Gasteiger partial charge in [0.25, 0.3) is 5.91 Å². The highest BCUT2D eigenvalue weighted by molar-refractivity contribution is 6.03. The summed E-state index contributed by atoms with van der Waals surface area (Å²) in [7, 11) is 0. The molecule has 0 aliphatic carbocycles. The highest BCUT2D eigenvalue weighted by Crippen LogP contribution is 2.23. The minimum atomic E-state index is -0.577. The number of anilines is 1. The van der Waals surface area contributed by atoms with Crippen molar-refractivity contribution in [3.63, 3.8) is 0 Å². The molecule has 26 heavy (non-hydrogen) atoms. The van der Waals surface area contributed by atoms with Crippen molar-refractivity contribution in [2.24, 2.45) is 11.7 Å². The summed E-state index contributed by atoms with van der Waals surface area (Å²) in [4.78, 5) is 37.5. The summed E-state index contributed by atoms with van der Waals surface area (Å²) in [5.74, 6) is -0.546. The summed E-state index contributed by atoms with van der Waals surface area (Å²) in [5.41, 5.74) is 5.53. The van der Waals surface area contributed by atoms with Gasteiger partial charge in [0.2, 0.25) is 5.91 Å². The van der Waals surface area contributed by atoms with Crippen molar-refractivity contribution < 1.29 is 19.1 Å². The maximum Gasteiger partial charge on any atom is 0.410 e. The van der Waals surface area contributed by atoms with Gasteiger partial charge in [0, 0.05) is 19.5 Å². The standard InChI is InChI=1S/C19H27N3O4/c1-19(2,3)26-18(25)22-10-8-13(9-11-22)12-16(23)21-15-7-5-4-6-14(15)17(20)24/h4-7,13H,8-12H2,1-3H3,(H2,20,24)(H,21,23). The molecular formula is C19H27N3O4. The maximum atomic E-state index is 12.3. The highest BCUT2D eigenvalue weighted by atomic mass is 16.6. The van der Waals surface area contributed by atoms with Gasteiger partial charge in [-0.15, -0.1) is 0 Å². The molecule has 1 aliphatic heterocycles. The number of nitrogens with zero attached hydrogens (tertiary/aromatic N) is 1. The van der Waals surface area contributed by atoms with E-state index in [1.54, 1.807) is 29.2 Å². The first kappa shape index (κ1) is 19.8. The van der Waals surface area contributed by atoms with Crippen molar-refractivity contribution in [1.82, 2.24) is 4.90 Å². The number of nitrogens with two attached hydrogens (primary N) is 1. The van der Waals surface area contributed by atoms with Crippen molar-refractivity contribution in [1.29, 1.82) is 0 Å². The fourth-order valence-electron chi connectivity index (χ4n) is 2.92. The van der Waals surface area contributed by atoms with Gasteiger partial charge in [0.1, 0.15) is 5.60 Å². The number of ether oxygens (including phenoxy) is 1. The van der Waals surface area contributed by atoms with E-state index in [4.69, 9.17) is 10.5 Å². The Balaban J connectivity index is 1.83. The van der Waals surface area contributed by atoms with Crippen LogP contribution in [0.5, 0.6) is 0 Å². The first-order valence-corrected chi connectivity index (χ1v) is 8.82. The molecule has 7 heteroatoms. The molecule has 0 unspecified atom stereocenters. The number of hydrogen-bond donors (Lipinski definition) is 2. The van der Waals surface area contributed by atoms with Crippen LogP contribution in [0.2, 0.25) is 0 Å². The average molecular weight is 361 g/mol. The van der Waals surface area contributed by atoms with Gasteiger partial charge < -0.3 is 20.7 Å². The summed E-state index contributed by atoms with van der Waals surface area (Å²) in [6.07, 6.45) is 1.51. The minimum absolute atomic E-state index is 0.158. The second-order valence-corrected chi connectivity index (χ2v) is 7.57. The predicted molar refractivity (Wildman–Crippen MR) is 98.7 cm³/mol. The van der Waals surface area contributed by atoms with Crippen LogP contribution in [0.15, 0.2) is 24.3 Å². The quantitative estimate of drug-likeness (QED) is 0.861. The van der Waals surface area contributed by atoms with Gasteiger partial charge in [-0.3, -0.25) is 9.59 Å². The van der Waals surface area contributed by atoms with Crippen LogP contribution >= 0.6 is 0 Å². The Morgan fingerprint density at radius 2 is 1.81 bits per heavy atom. The van der Waals surface area contributed by atoms with Gasteiger partial charge in [-0.2, -0.15) is 0 Å². The highest BCUT2D eigenvalue weighted by Gasteiger charge is 2.27. The van der Waals surface area contributed by atoms with Crippen molar-refractivity contribution in [3.8, 4) is 0 Å². The number of amides is 3. The molecule has 142 valence electrons. The first-order chi connectivity index (χ1) is 12.2. The Morgan fingerprint density at radius 3 is 2.38 bits per heavy atom. The number of carbonyl (C=O) groups excluding carboxylic acids is 3. The van der Waals surface area contributed by atoms with Crippen LogP contribution in [-0.2, 0) is 9.53 Å². The predicted octanol–water partition coefficient (Wildman–Crippen LogP) is 2.76. The van der Waals surface area contributed by atoms with Crippen LogP contribution in [0, 0.1) is 5.92 Å². The van der Waals surface area contributed by atoms with Crippen LogP contribution in [0.25, 0.3) is 0 Å². The zero-order valence-electron chi connectivity index (χ0n) is 15.6. The largest absolute Gasteiger partial charge is 0.444 e. The molecular weight excluding hydrogens is 334 g/mol. The topological polar surface area (TPSA) is 102 Å². The van der Waals surface area contributed by atoms with Gasteiger partial charge >= 0.3 is 6.09 Å². The molecule has 0 bridgehead atoms. The smallest absolute Gasteiger partial charge is 0.410 e. The summed E-state index contributed by atoms with van der Waals surface area (Å²) in [6, 6.07) is 6.67. The molecule has 1 heterocycles. The van der Waals surface area contributed by atoms with E-state index in [-0.39, 0.29) is 17.9 Å². The fraction of sp³-hybridized carbons (Fsp3) is 0.526. The molecule has 1 saturated heterocycles. The van der Waals surface area contributed by atoms with Crippen LogP contribution in [0.3, 0.4) is 0 Å². The van der Waals surface area contributed by atoms with E-state index >= 15 is 0 Å². The van der Waals surface area contributed by atoms with E-state index in [0.717, 1.165) is 12.8 Å². The first-order valence-electron chi connectivity index (χ1n) is 8.82. The number of benzene rings is 1. The molecule has 3 N–H and O–H groups in total. The molecule has 1 aliphatic rings. The molecule has 0 radical (unpaired) electrons. The number of rotatable bonds is 4. The number of para-hydroxylation sites is 1. The lowest BCUT2D eigenvalue weighted by Crippen LogP contribution is -2.42. The lowest BCUT2D eigenvalue weighted by Gasteiger charge is -2.33. The molecule has 0 saturated carbocycles. The number of nitrogens with one attached hydrogen (secondary N) is 1. The van der Waals surface area contributed by atoms with E-state index in [9.17, 15) is 14.4 Å². The monoisotopic (exact) mass is 361 g/mol. The lowest BCUT2D eigenvalue weighted by atomic mass is 9.93. The molecule has 2 rings (SSSR count). The van der Waals surface area contributed by atoms with Gasteiger partial charge in [-0.05, 0) is 51.7 Å². The summed E-state index contributed by atoms with van der Waals surface area (Å²) in [6.45, 7) is 6.67. The van der Waals surface area contributed by atoms with Crippen LogP contribution < -0.4 is 11.1 Å². The maximum absolute atomic E-state index is 12.3.